The van der Waals surface area contributed by atoms with Gasteiger partial charge < -0.3 is 0 Å². The van der Waals surface area contributed by atoms with Gasteiger partial charge in [-0.15, -0.1) is 0 Å². The smallest absolute Gasteiger partial charge is 0.273 e. The summed E-state index contributed by atoms with van der Waals surface area (Å²) in [6, 6.07) is 8.67. The monoisotopic (exact) mass is 520 g/mol. The first-order valence-electron chi connectivity index (χ1n) is 10.5. The number of aromatic nitrogens is 2. The third-order valence-corrected chi connectivity index (χ3v) is 6.73. The molecule has 12 heteroatoms. The normalized spacial score (nSPS) is 17.6. The van der Waals surface area contributed by atoms with E-state index in [1.165, 1.54) is 29.1 Å². The van der Waals surface area contributed by atoms with Gasteiger partial charge in [-0.25, -0.2) is 0 Å². The number of nitrogens with zero attached hydrogens (tertiary/aromatic N) is 3. The lowest BCUT2D eigenvalue weighted by Crippen LogP contribution is -2.45. The van der Waals surface area contributed by atoms with Crippen molar-refractivity contribution in [2.24, 2.45) is 5.92 Å². The fourth-order valence-electron chi connectivity index (χ4n) is 3.70. The average molecular weight is 521 g/mol. The van der Waals surface area contributed by atoms with Crippen LogP contribution in [0.5, 0.6) is 0 Å². The molecule has 3 aromatic rings. The molecule has 2 aromatic carbocycles. The van der Waals surface area contributed by atoms with Crippen molar-refractivity contribution in [1.29, 1.82) is 0 Å². The van der Waals surface area contributed by atoms with Crippen LogP contribution in [0.25, 0.3) is 17.0 Å². The first-order valence-corrected chi connectivity index (χ1v) is 11.7. The number of benzene rings is 2. The third kappa shape index (κ3) is 4.78. The number of hydrogen-bond donors (Lipinski definition) is 1. The van der Waals surface area contributed by atoms with Crippen molar-refractivity contribution in [3.05, 3.63) is 69.2 Å². The van der Waals surface area contributed by atoms with Crippen molar-refractivity contribution < 1.29 is 27.6 Å². The van der Waals surface area contributed by atoms with Gasteiger partial charge in [-0.2, -0.15) is 23.3 Å². The number of thioether (sulfide) groups is 1. The van der Waals surface area contributed by atoms with E-state index in [0.717, 1.165) is 23.9 Å². The Balaban J connectivity index is 1.38. The molecule has 1 aliphatic heterocycles. The topological polar surface area (TPSA) is 84.3 Å². The van der Waals surface area contributed by atoms with Gasteiger partial charge in [0, 0.05) is 16.3 Å². The molecule has 1 saturated heterocycles. The van der Waals surface area contributed by atoms with E-state index in [1.54, 1.807) is 18.2 Å². The predicted molar refractivity (Wildman–Crippen MR) is 124 cm³/mol. The summed E-state index contributed by atoms with van der Waals surface area (Å²) >= 11 is 6.47. The molecule has 180 valence electrons. The number of hydrazine groups is 1. The van der Waals surface area contributed by atoms with Gasteiger partial charge in [0.15, 0.2) is 0 Å². The van der Waals surface area contributed by atoms with E-state index in [-0.39, 0.29) is 33.9 Å². The van der Waals surface area contributed by atoms with Gasteiger partial charge >= 0.3 is 11.4 Å². The summed E-state index contributed by atoms with van der Waals surface area (Å²) in [5.74, 6) is -1.13. The number of imide groups is 1. The highest BCUT2D eigenvalue weighted by Gasteiger charge is 2.39. The molecule has 1 N–H and O–H groups in total. The molecule has 1 saturated carbocycles. The minimum absolute atomic E-state index is 0.00689. The molecule has 1 aliphatic carbocycles. The summed E-state index contributed by atoms with van der Waals surface area (Å²) in [6.07, 6.45) is -0.0525. The van der Waals surface area contributed by atoms with Crippen LogP contribution in [-0.2, 0) is 22.3 Å². The van der Waals surface area contributed by atoms with Gasteiger partial charge in [0.05, 0.1) is 28.7 Å². The van der Waals surface area contributed by atoms with Gasteiger partial charge in [-0.05, 0) is 66.1 Å². The number of fused-ring (bicyclic) bond motifs is 1. The fraction of sp³-hybridized carbons (Fsp3) is 0.217. The molecule has 0 radical (unpaired) electrons. The maximum atomic E-state index is 13.4. The van der Waals surface area contributed by atoms with Crippen LogP contribution in [0.15, 0.2) is 47.5 Å². The molecular weight excluding hydrogens is 505 g/mol. The molecule has 2 fully saturated rings. The Morgan fingerprint density at radius 1 is 1.20 bits per heavy atom. The molecule has 0 atom stereocenters. The lowest BCUT2D eigenvalue weighted by atomic mass is 10.1. The van der Waals surface area contributed by atoms with E-state index >= 15 is 0 Å². The quantitative estimate of drug-likeness (QED) is 0.465. The van der Waals surface area contributed by atoms with E-state index in [1.807, 2.05) is 0 Å². The highest BCUT2D eigenvalue weighted by atomic mass is 35.5. The highest BCUT2D eigenvalue weighted by Crippen LogP contribution is 2.35. The zero-order chi connectivity index (χ0) is 24.9. The number of rotatable bonds is 5. The summed E-state index contributed by atoms with van der Waals surface area (Å²) in [6.45, 7) is -0.117. The van der Waals surface area contributed by atoms with Crippen molar-refractivity contribution >= 4 is 57.4 Å². The Hall–Kier alpha value is -3.31. The van der Waals surface area contributed by atoms with E-state index in [9.17, 15) is 27.6 Å². The number of alkyl halides is 3. The summed E-state index contributed by atoms with van der Waals surface area (Å²) in [5, 5.41) is 4.98. The van der Waals surface area contributed by atoms with Crippen LogP contribution < -0.4 is 5.43 Å². The van der Waals surface area contributed by atoms with Crippen molar-refractivity contribution in [3.63, 3.8) is 0 Å². The van der Waals surface area contributed by atoms with Gasteiger partial charge in [-0.1, -0.05) is 23.7 Å². The Bertz CT molecular complexity index is 1410. The Kier molecular flexibility index (Phi) is 5.84. The van der Waals surface area contributed by atoms with Crippen LogP contribution in [0.1, 0.15) is 29.5 Å². The third-order valence-electron chi connectivity index (χ3n) is 5.62. The largest absolute Gasteiger partial charge is 0.416 e. The van der Waals surface area contributed by atoms with Crippen molar-refractivity contribution in [1.82, 2.24) is 20.2 Å². The molecule has 0 unspecified atom stereocenters. The first-order chi connectivity index (χ1) is 16.6. The summed E-state index contributed by atoms with van der Waals surface area (Å²) in [7, 11) is 0. The number of nitrogens with one attached hydrogen (secondary N) is 1. The minimum atomic E-state index is -4.56. The molecule has 3 amide bonds. The Labute approximate surface area is 205 Å². The fourth-order valence-corrected chi connectivity index (χ4v) is 4.65. The Morgan fingerprint density at radius 2 is 1.97 bits per heavy atom. The summed E-state index contributed by atoms with van der Waals surface area (Å²) < 4.78 is 41.8. The van der Waals surface area contributed by atoms with E-state index in [2.05, 4.69) is 10.5 Å². The first kappa shape index (κ1) is 23.4. The number of hydrogen-bond acceptors (Lipinski definition) is 5. The molecule has 2 aliphatic rings. The molecule has 1 aromatic heterocycles. The van der Waals surface area contributed by atoms with Crippen LogP contribution in [0.4, 0.5) is 18.0 Å². The molecule has 0 spiro atoms. The maximum Gasteiger partial charge on any atom is 0.416 e. The van der Waals surface area contributed by atoms with Crippen molar-refractivity contribution in [2.75, 3.05) is 0 Å². The predicted octanol–water partition coefficient (Wildman–Crippen LogP) is 5.23. The molecular formula is C23H16ClF3N4O3S. The SMILES string of the molecule is O=C(NN1C(=O)SC(=Cc2ccc3c(cnn3Cc3ccc(Cl)cc3C(F)(F)F)c2)C1=O)C1CC1. The average Bonchev–Trinajstić information content (AvgIpc) is 3.53. The second kappa shape index (κ2) is 8.72. The number of halogens is 4. The standard InChI is InChI=1S/C23H16ClF3N4O3S/c24-16-5-4-14(17(9-16)23(25,26)27)11-30-18-6-1-12(7-15(18)10-28-30)8-19-21(33)31(22(34)35-19)29-20(32)13-2-3-13/h1,4-10,13H,2-3,11H2,(H,29,32). The minimum Gasteiger partial charge on any atom is -0.273 e. The van der Waals surface area contributed by atoms with Gasteiger partial charge in [0.1, 0.15) is 0 Å². The van der Waals surface area contributed by atoms with Gasteiger partial charge in [0.25, 0.3) is 5.91 Å². The zero-order valence-corrected chi connectivity index (χ0v) is 19.4. The van der Waals surface area contributed by atoms with E-state index < -0.39 is 22.9 Å². The zero-order valence-electron chi connectivity index (χ0n) is 17.8. The van der Waals surface area contributed by atoms with Crippen LogP contribution in [0.3, 0.4) is 0 Å². The maximum absolute atomic E-state index is 13.4. The summed E-state index contributed by atoms with van der Waals surface area (Å²) in [5.41, 5.74) is 2.75. The molecule has 2 heterocycles. The van der Waals surface area contributed by atoms with Crippen LogP contribution in [0.2, 0.25) is 5.02 Å². The number of carbonyl (C=O) groups excluding carboxylic acids is 3. The second-order valence-corrected chi connectivity index (χ2v) is 9.62. The van der Waals surface area contributed by atoms with Gasteiger partial charge in [0.2, 0.25) is 5.91 Å². The van der Waals surface area contributed by atoms with E-state index in [0.29, 0.717) is 28.2 Å². The molecule has 7 nitrogen and oxygen atoms in total. The lowest BCUT2D eigenvalue weighted by molar-refractivity contribution is -0.138. The van der Waals surface area contributed by atoms with Crippen LogP contribution in [0, 0.1) is 5.92 Å². The van der Waals surface area contributed by atoms with Crippen LogP contribution in [-0.4, -0.2) is 31.8 Å². The van der Waals surface area contributed by atoms with Crippen LogP contribution >= 0.6 is 23.4 Å². The Morgan fingerprint density at radius 3 is 2.69 bits per heavy atom. The highest BCUT2D eigenvalue weighted by molar-refractivity contribution is 8.18. The van der Waals surface area contributed by atoms with Gasteiger partial charge in [-0.3, -0.25) is 24.5 Å². The van der Waals surface area contributed by atoms with E-state index in [4.69, 9.17) is 11.6 Å². The lowest BCUT2D eigenvalue weighted by Gasteiger charge is -2.14. The van der Waals surface area contributed by atoms with Crippen molar-refractivity contribution in [2.45, 2.75) is 25.6 Å². The molecule has 0 bridgehead atoms. The summed E-state index contributed by atoms with van der Waals surface area (Å²) in [4.78, 5) is 36.8. The molecule has 5 rings (SSSR count). The molecule has 35 heavy (non-hydrogen) atoms. The second-order valence-electron chi connectivity index (χ2n) is 8.19. The van der Waals surface area contributed by atoms with Crippen molar-refractivity contribution in [3.8, 4) is 0 Å². The number of amides is 3. The number of carbonyl (C=O) groups is 3.